The van der Waals surface area contributed by atoms with Gasteiger partial charge < -0.3 is 15.7 Å². The smallest absolute Gasteiger partial charge is 0.141 e. The van der Waals surface area contributed by atoms with Gasteiger partial charge in [-0.3, -0.25) is 4.68 Å². The van der Waals surface area contributed by atoms with Gasteiger partial charge in [0.15, 0.2) is 0 Å². The number of thiocarbonyl (C=S) groups is 1. The number of aryl methyl sites for hydroxylation is 2. The number of rotatable bonds is 4. The molecule has 0 amide bonds. The third-order valence-corrected chi connectivity index (χ3v) is 3.36. The molecule has 0 aliphatic heterocycles. The number of benzene rings is 1. The summed E-state index contributed by atoms with van der Waals surface area (Å²) in [6.45, 7) is 4.61. The Hall–Kier alpha value is -2.08. The molecule has 0 spiro atoms. The van der Waals surface area contributed by atoms with Crippen LogP contribution in [0.2, 0.25) is 0 Å². The molecule has 106 valence electrons. The fraction of sp³-hybridized carbons (Fsp3) is 0.286. The molecule has 0 aliphatic rings. The lowest BCUT2D eigenvalue weighted by molar-refractivity contribution is 0.475. The van der Waals surface area contributed by atoms with E-state index in [0.29, 0.717) is 11.5 Å². The normalized spacial score (nSPS) is 10.6. The second-order valence-corrected chi connectivity index (χ2v) is 4.98. The molecule has 1 aromatic heterocycles. The van der Waals surface area contributed by atoms with Gasteiger partial charge in [0, 0.05) is 25.3 Å². The molecule has 3 N–H and O–H groups in total. The predicted molar refractivity (Wildman–Crippen MR) is 84.6 cm³/mol. The third kappa shape index (κ3) is 2.46. The van der Waals surface area contributed by atoms with Gasteiger partial charge in [0.1, 0.15) is 16.6 Å². The van der Waals surface area contributed by atoms with Crippen molar-refractivity contribution in [3.05, 3.63) is 35.5 Å². The summed E-state index contributed by atoms with van der Waals surface area (Å²) in [5, 5.41) is 14.1. The summed E-state index contributed by atoms with van der Waals surface area (Å²) >= 11 is 5.14. The molecule has 20 heavy (non-hydrogen) atoms. The Morgan fingerprint density at radius 1 is 1.50 bits per heavy atom. The Bertz CT molecular complexity index is 651. The second kappa shape index (κ2) is 5.50. The van der Waals surface area contributed by atoms with Crippen molar-refractivity contribution in [2.24, 2.45) is 12.8 Å². The summed E-state index contributed by atoms with van der Waals surface area (Å²) < 4.78 is 1.76. The van der Waals surface area contributed by atoms with Gasteiger partial charge in [0.05, 0.1) is 11.3 Å². The van der Waals surface area contributed by atoms with Gasteiger partial charge >= 0.3 is 0 Å². The van der Waals surface area contributed by atoms with Gasteiger partial charge in [0.25, 0.3) is 0 Å². The summed E-state index contributed by atoms with van der Waals surface area (Å²) in [4.78, 5) is 2.35. The molecule has 0 fully saturated rings. The lowest BCUT2D eigenvalue weighted by atomic mass is 10.2. The number of nitrogens with two attached hydrogens (primary N) is 1. The maximum atomic E-state index is 9.66. The molecule has 0 aliphatic carbocycles. The molecular weight excluding hydrogens is 272 g/mol. The Balaban J connectivity index is 2.61. The number of aromatic nitrogens is 2. The van der Waals surface area contributed by atoms with Crippen LogP contribution in [0.3, 0.4) is 0 Å². The van der Waals surface area contributed by atoms with Crippen molar-refractivity contribution in [2.45, 2.75) is 13.8 Å². The van der Waals surface area contributed by atoms with Crippen LogP contribution in [0.25, 0.3) is 0 Å². The van der Waals surface area contributed by atoms with Gasteiger partial charge in [-0.15, -0.1) is 0 Å². The number of phenols is 1. The van der Waals surface area contributed by atoms with Crippen LogP contribution in [-0.2, 0) is 7.05 Å². The summed E-state index contributed by atoms with van der Waals surface area (Å²) in [6, 6.07) is 7.07. The highest BCUT2D eigenvalue weighted by atomic mass is 32.1. The van der Waals surface area contributed by atoms with Gasteiger partial charge in [-0.25, -0.2) is 0 Å². The average molecular weight is 290 g/mol. The predicted octanol–water partition coefficient (Wildman–Crippen LogP) is 2.23. The van der Waals surface area contributed by atoms with Crippen LogP contribution in [0.5, 0.6) is 5.75 Å². The summed E-state index contributed by atoms with van der Waals surface area (Å²) in [5.74, 6) is 1.06. The summed E-state index contributed by atoms with van der Waals surface area (Å²) in [6.07, 6.45) is 0. The fourth-order valence-electron chi connectivity index (χ4n) is 2.36. The molecule has 6 heteroatoms. The van der Waals surface area contributed by atoms with E-state index in [1.807, 2.05) is 31.9 Å². The summed E-state index contributed by atoms with van der Waals surface area (Å²) in [5.41, 5.74) is 8.27. The van der Waals surface area contributed by atoms with Crippen molar-refractivity contribution in [1.29, 1.82) is 0 Å². The Kier molecular flexibility index (Phi) is 3.94. The van der Waals surface area contributed by atoms with E-state index in [2.05, 4.69) is 5.10 Å². The Labute approximate surface area is 123 Å². The molecule has 0 unspecified atom stereocenters. The van der Waals surface area contributed by atoms with Gasteiger partial charge in [-0.1, -0.05) is 18.3 Å². The number of anilines is 2. The van der Waals surface area contributed by atoms with Crippen LogP contribution in [0.15, 0.2) is 24.3 Å². The lowest BCUT2D eigenvalue weighted by Crippen LogP contribution is -2.23. The first kappa shape index (κ1) is 14.3. The molecule has 1 aromatic carbocycles. The van der Waals surface area contributed by atoms with Gasteiger partial charge in [0.2, 0.25) is 0 Å². The topological polar surface area (TPSA) is 67.3 Å². The van der Waals surface area contributed by atoms with E-state index in [9.17, 15) is 5.11 Å². The van der Waals surface area contributed by atoms with E-state index in [0.717, 1.165) is 22.8 Å². The summed E-state index contributed by atoms with van der Waals surface area (Å²) in [7, 11) is 1.86. The van der Waals surface area contributed by atoms with Gasteiger partial charge in [-0.2, -0.15) is 5.10 Å². The van der Waals surface area contributed by atoms with Crippen LogP contribution in [0.1, 0.15) is 18.2 Å². The highest BCUT2D eigenvalue weighted by Crippen LogP contribution is 2.31. The minimum absolute atomic E-state index is 0.219. The van der Waals surface area contributed by atoms with Crippen LogP contribution >= 0.6 is 12.2 Å². The Morgan fingerprint density at radius 3 is 2.75 bits per heavy atom. The zero-order valence-electron chi connectivity index (χ0n) is 11.8. The lowest BCUT2D eigenvalue weighted by Gasteiger charge is -2.24. The van der Waals surface area contributed by atoms with Crippen molar-refractivity contribution in [3.8, 4) is 5.75 Å². The van der Waals surface area contributed by atoms with E-state index in [1.165, 1.54) is 0 Å². The van der Waals surface area contributed by atoms with Crippen LogP contribution < -0.4 is 10.6 Å². The number of nitrogens with zero attached hydrogens (tertiary/aromatic N) is 3. The fourth-order valence-corrected chi connectivity index (χ4v) is 2.60. The molecule has 0 radical (unpaired) electrons. The number of hydrogen-bond acceptors (Lipinski definition) is 4. The molecule has 0 saturated heterocycles. The molecule has 5 nitrogen and oxygen atoms in total. The maximum absolute atomic E-state index is 9.66. The molecule has 0 bridgehead atoms. The zero-order chi connectivity index (χ0) is 14.9. The molecular formula is C14H18N4OS. The molecule has 1 heterocycles. The molecule has 2 aromatic rings. The van der Waals surface area contributed by atoms with Crippen LogP contribution in [0.4, 0.5) is 11.5 Å². The van der Waals surface area contributed by atoms with E-state index in [-0.39, 0.29) is 5.75 Å². The molecule has 2 rings (SSSR count). The van der Waals surface area contributed by atoms with E-state index in [4.69, 9.17) is 18.0 Å². The van der Waals surface area contributed by atoms with E-state index < -0.39 is 0 Å². The maximum Gasteiger partial charge on any atom is 0.141 e. The monoisotopic (exact) mass is 290 g/mol. The highest BCUT2D eigenvalue weighted by molar-refractivity contribution is 7.80. The average Bonchev–Trinajstić information content (AvgIpc) is 2.66. The highest BCUT2D eigenvalue weighted by Gasteiger charge is 2.21. The van der Waals surface area contributed by atoms with Crippen molar-refractivity contribution < 1.29 is 5.11 Å². The standard InChI is InChI=1S/C14H18N4OS/c1-4-18(10-6-5-7-11(19)8-10)14-12(13(15)20)9(2)16-17(14)3/h5-8,19H,4H2,1-3H3,(H2,15,20). The van der Waals surface area contributed by atoms with E-state index in [1.54, 1.807) is 22.9 Å². The minimum atomic E-state index is 0.219. The second-order valence-electron chi connectivity index (χ2n) is 4.54. The van der Waals surface area contributed by atoms with Crippen LogP contribution in [-0.4, -0.2) is 26.4 Å². The zero-order valence-corrected chi connectivity index (χ0v) is 12.6. The largest absolute Gasteiger partial charge is 0.508 e. The first-order valence-corrected chi connectivity index (χ1v) is 6.76. The first-order chi connectivity index (χ1) is 9.45. The minimum Gasteiger partial charge on any atom is -0.508 e. The first-order valence-electron chi connectivity index (χ1n) is 6.35. The van der Waals surface area contributed by atoms with Crippen LogP contribution in [0, 0.1) is 6.92 Å². The van der Waals surface area contributed by atoms with Gasteiger partial charge in [-0.05, 0) is 26.0 Å². The number of hydrogen-bond donors (Lipinski definition) is 2. The number of phenolic OH excluding ortho intramolecular Hbond substituents is 1. The third-order valence-electron chi connectivity index (χ3n) is 3.15. The van der Waals surface area contributed by atoms with Crippen molar-refractivity contribution in [2.75, 3.05) is 11.4 Å². The van der Waals surface area contributed by atoms with Crippen molar-refractivity contribution in [1.82, 2.24) is 9.78 Å². The van der Waals surface area contributed by atoms with Crippen molar-refractivity contribution in [3.63, 3.8) is 0 Å². The van der Waals surface area contributed by atoms with Crippen molar-refractivity contribution >= 4 is 28.7 Å². The SMILES string of the molecule is CCN(c1cccc(O)c1)c1c(C(N)=S)c(C)nn1C. The number of aromatic hydroxyl groups is 1. The van der Waals surface area contributed by atoms with E-state index >= 15 is 0 Å². The molecule has 0 atom stereocenters. The Morgan fingerprint density at radius 2 is 2.20 bits per heavy atom. The molecule has 0 saturated carbocycles. The quantitative estimate of drug-likeness (QED) is 0.845.